The Morgan fingerprint density at radius 2 is 1.83 bits per heavy atom. The van der Waals surface area contributed by atoms with Gasteiger partial charge in [0.1, 0.15) is 23.8 Å². The number of carbonyl (C=O) groups excluding carboxylic acids is 4. The van der Waals surface area contributed by atoms with Crippen molar-refractivity contribution in [2.24, 2.45) is 13.0 Å². The summed E-state index contributed by atoms with van der Waals surface area (Å²) >= 11 is 0. The molecule has 1 aromatic heterocycles. The van der Waals surface area contributed by atoms with Crippen molar-refractivity contribution in [1.82, 2.24) is 20.1 Å². The molecule has 0 aliphatic carbocycles. The number of ether oxygens (including phenoxy) is 2. The first-order chi connectivity index (χ1) is 19.9. The lowest BCUT2D eigenvalue weighted by atomic mass is 9.86. The van der Waals surface area contributed by atoms with Gasteiger partial charge < -0.3 is 24.7 Å². The Hall–Kier alpha value is -4.02. The summed E-state index contributed by atoms with van der Waals surface area (Å²) in [5, 5.41) is 6.40. The maximum absolute atomic E-state index is 13.8. The quantitative estimate of drug-likeness (QED) is 0.159. The number of hydrogen-bond donors (Lipinski definition) is 3. The number of aromatic nitrogens is 1. The monoisotopic (exact) mass is 581 g/mol. The second kappa shape index (κ2) is 13.3. The van der Waals surface area contributed by atoms with E-state index in [0.717, 1.165) is 48.6 Å². The van der Waals surface area contributed by atoms with Crippen molar-refractivity contribution in [3.63, 3.8) is 0 Å². The summed E-state index contributed by atoms with van der Waals surface area (Å²) in [5.74, 6) is -1.47. The van der Waals surface area contributed by atoms with Crippen LogP contribution in [-0.2, 0) is 37.3 Å². The Labute approximate surface area is 245 Å². The molecule has 2 aromatic rings. The van der Waals surface area contributed by atoms with E-state index in [1.807, 2.05) is 42.1 Å². The van der Waals surface area contributed by atoms with Crippen LogP contribution in [0.25, 0.3) is 10.9 Å². The third-order valence-electron chi connectivity index (χ3n) is 7.76. The van der Waals surface area contributed by atoms with Crippen molar-refractivity contribution in [3.05, 3.63) is 36.0 Å². The number of rotatable bonds is 11. The molecule has 4 heterocycles. The van der Waals surface area contributed by atoms with Crippen LogP contribution >= 0.6 is 0 Å². The topological polar surface area (TPSA) is 157 Å². The Morgan fingerprint density at radius 1 is 1.12 bits per heavy atom. The minimum Gasteiger partial charge on any atom is -0.458 e. The lowest BCUT2D eigenvalue weighted by Gasteiger charge is -2.43. The molecule has 3 aliphatic heterocycles. The third kappa shape index (κ3) is 8.04. The molecule has 226 valence electrons. The van der Waals surface area contributed by atoms with E-state index in [2.05, 4.69) is 20.3 Å². The van der Waals surface area contributed by atoms with Gasteiger partial charge in [-0.05, 0) is 70.7 Å². The summed E-state index contributed by atoms with van der Waals surface area (Å²) in [5.41, 5.74) is 7.86. The number of nitrogens with zero attached hydrogens (tertiary/aromatic N) is 3. The molecule has 12 nitrogen and oxygen atoms in total. The normalized spacial score (nSPS) is 21.1. The van der Waals surface area contributed by atoms with Crippen LogP contribution in [0.5, 0.6) is 0 Å². The number of aryl methyl sites for hydroxylation is 1. The maximum Gasteiger partial charge on any atom is 0.408 e. The number of carbonyl (C=O) groups is 4. The van der Waals surface area contributed by atoms with Crippen molar-refractivity contribution in [1.29, 1.82) is 5.53 Å². The van der Waals surface area contributed by atoms with E-state index in [0.29, 0.717) is 12.5 Å². The molecular weight excluding hydrogens is 540 g/mol. The van der Waals surface area contributed by atoms with Crippen LogP contribution in [0.1, 0.15) is 52.0 Å². The van der Waals surface area contributed by atoms with Gasteiger partial charge in [-0.3, -0.25) is 14.5 Å². The first-order valence-corrected chi connectivity index (χ1v) is 14.4. The molecule has 0 saturated carbocycles. The van der Waals surface area contributed by atoms with Crippen LogP contribution in [0.15, 0.2) is 30.5 Å². The zero-order chi connectivity index (χ0) is 30.4. The van der Waals surface area contributed by atoms with Gasteiger partial charge in [-0.1, -0.05) is 18.2 Å². The molecule has 42 heavy (non-hydrogen) atoms. The van der Waals surface area contributed by atoms with E-state index in [9.17, 15) is 19.2 Å². The number of benzene rings is 1. The average molecular weight is 582 g/mol. The fourth-order valence-corrected chi connectivity index (χ4v) is 5.69. The highest BCUT2D eigenvalue weighted by molar-refractivity contribution is 6.25. The number of hydrogen-bond acceptors (Lipinski definition) is 8. The summed E-state index contributed by atoms with van der Waals surface area (Å²) < 4.78 is 13.3. The summed E-state index contributed by atoms with van der Waals surface area (Å²) in [7, 11) is 1.91. The molecule has 2 amide bonds. The number of amides is 2. The van der Waals surface area contributed by atoms with Crippen LogP contribution in [0.3, 0.4) is 0 Å². The lowest BCUT2D eigenvalue weighted by Crippen LogP contribution is -2.56. The largest absolute Gasteiger partial charge is 0.458 e. The van der Waals surface area contributed by atoms with Gasteiger partial charge in [0.2, 0.25) is 11.7 Å². The predicted octanol–water partition coefficient (Wildman–Crippen LogP) is 2.40. The van der Waals surface area contributed by atoms with Crippen molar-refractivity contribution >= 4 is 40.9 Å². The molecular formula is C30H41N6O6+. The number of nitrogens with one attached hydrogen (secondary N) is 3. The number of fused-ring (bicyclic) bond motifs is 4. The number of alkyl carbamates (subject to hydrolysis) is 1. The smallest absolute Gasteiger partial charge is 0.408 e. The van der Waals surface area contributed by atoms with Crippen LogP contribution in [0, 0.1) is 11.4 Å². The SMILES string of the molecule is Cn1cc(C[C@H](NC(=O)OC2CN3CCC2CC3)C(=O)N[C@@H](CCC(=O)C=[N+]=N)C(=O)OC(C)(C)C)c2ccccc21. The zero-order valence-electron chi connectivity index (χ0n) is 24.7. The molecule has 12 heteroatoms. The Morgan fingerprint density at radius 3 is 2.48 bits per heavy atom. The Balaban J connectivity index is 1.54. The van der Waals surface area contributed by atoms with Crippen molar-refractivity contribution in [2.45, 2.75) is 76.7 Å². The van der Waals surface area contributed by atoms with Gasteiger partial charge in [0.05, 0.1) is 10.3 Å². The van der Waals surface area contributed by atoms with E-state index < -0.39 is 41.4 Å². The summed E-state index contributed by atoms with van der Waals surface area (Å²) in [6.07, 6.45) is 3.73. The molecule has 0 spiro atoms. The van der Waals surface area contributed by atoms with Gasteiger partial charge in [0, 0.05) is 43.5 Å². The first-order valence-electron chi connectivity index (χ1n) is 14.4. The van der Waals surface area contributed by atoms with E-state index in [1.54, 1.807) is 20.8 Å². The summed E-state index contributed by atoms with van der Waals surface area (Å²) in [6.45, 7) is 7.79. The Bertz CT molecular complexity index is 1370. The fraction of sp³-hybridized carbons (Fsp3) is 0.567. The molecule has 3 saturated heterocycles. The van der Waals surface area contributed by atoms with Gasteiger partial charge in [0.15, 0.2) is 0 Å². The second-order valence-electron chi connectivity index (χ2n) is 12.1. The maximum atomic E-state index is 13.8. The zero-order valence-corrected chi connectivity index (χ0v) is 24.7. The number of para-hydroxylation sites is 1. The van der Waals surface area contributed by atoms with Crippen LogP contribution in [-0.4, -0.2) is 87.6 Å². The average Bonchev–Trinajstić information content (AvgIpc) is 3.25. The molecule has 3 aliphatic rings. The van der Waals surface area contributed by atoms with Gasteiger partial charge in [-0.25, -0.2) is 9.59 Å². The van der Waals surface area contributed by atoms with Gasteiger partial charge in [-0.2, -0.15) is 0 Å². The number of ketones is 1. The van der Waals surface area contributed by atoms with Crippen molar-refractivity contribution in [2.75, 3.05) is 19.6 Å². The van der Waals surface area contributed by atoms with E-state index in [1.165, 1.54) is 0 Å². The van der Waals surface area contributed by atoms with E-state index in [-0.39, 0.29) is 25.4 Å². The van der Waals surface area contributed by atoms with Gasteiger partial charge in [-0.15, -0.1) is 0 Å². The summed E-state index contributed by atoms with van der Waals surface area (Å²) in [4.78, 5) is 57.2. The van der Waals surface area contributed by atoms with Crippen LogP contribution < -0.4 is 10.6 Å². The van der Waals surface area contributed by atoms with Crippen LogP contribution in [0.2, 0.25) is 0 Å². The van der Waals surface area contributed by atoms with Crippen molar-refractivity contribution < 1.29 is 33.4 Å². The van der Waals surface area contributed by atoms with Gasteiger partial charge >= 0.3 is 18.3 Å². The predicted molar refractivity (Wildman–Crippen MR) is 154 cm³/mol. The minimum atomic E-state index is -1.16. The van der Waals surface area contributed by atoms with E-state index >= 15 is 0 Å². The lowest BCUT2D eigenvalue weighted by molar-refractivity contribution is -0.159. The molecule has 1 unspecified atom stereocenters. The summed E-state index contributed by atoms with van der Waals surface area (Å²) in [6, 6.07) is 5.53. The van der Waals surface area contributed by atoms with Crippen LogP contribution in [0.4, 0.5) is 4.79 Å². The molecule has 1 aromatic carbocycles. The highest BCUT2D eigenvalue weighted by Gasteiger charge is 2.37. The molecule has 5 rings (SSSR count). The first kappa shape index (κ1) is 30.9. The van der Waals surface area contributed by atoms with E-state index in [4.69, 9.17) is 15.0 Å². The highest BCUT2D eigenvalue weighted by atomic mass is 16.6. The number of piperidine rings is 3. The molecule has 2 bridgehead atoms. The molecule has 3 fully saturated rings. The number of Topliss-reactive ketones (excluding diaryl/α,β-unsaturated/α-hetero) is 1. The molecule has 0 radical (unpaired) electrons. The fourth-order valence-electron chi connectivity index (χ4n) is 5.69. The number of esters is 1. The van der Waals surface area contributed by atoms with Crippen molar-refractivity contribution in [3.8, 4) is 0 Å². The highest BCUT2D eigenvalue weighted by Crippen LogP contribution is 2.29. The molecule has 3 N–H and O–H groups in total. The second-order valence-corrected chi connectivity index (χ2v) is 12.1. The Kier molecular flexibility index (Phi) is 9.80. The van der Waals surface area contributed by atoms with Gasteiger partial charge in [0.25, 0.3) is 0 Å². The molecule has 3 atom stereocenters. The minimum absolute atomic E-state index is 0.0590. The standard InChI is InChI=1S/C30H40N6O6/c1-30(2,3)42-28(39)23(10-9-21(37)16-32-31)33-27(38)24(15-20-17-35(4)25-8-6-5-7-22(20)25)34-29(40)41-26-18-36-13-11-19(26)12-14-36/h5-8,16-17,19,23-24,26,31H,9-15,18H2,1-4H3,(H-,33,34,38,40)/p+1/t23-,24-,26?/m0/s1. The third-order valence-corrected chi connectivity index (χ3v) is 7.76.